The maximum atomic E-state index is 9.55. The van der Waals surface area contributed by atoms with Gasteiger partial charge in [0.25, 0.3) is 0 Å². The standard InChI is InChI=1S/C11H11NO2.ClH/c1-12-8-3-4-9-7(6-8)2-5-10(13)11(9)14;/h2-6,12-14H,1H3;1H. The Morgan fingerprint density at radius 1 is 1.07 bits per heavy atom. The summed E-state index contributed by atoms with van der Waals surface area (Å²) in [4.78, 5) is 0. The van der Waals surface area contributed by atoms with Crippen molar-refractivity contribution in [2.45, 2.75) is 0 Å². The molecule has 0 spiro atoms. The molecule has 0 amide bonds. The van der Waals surface area contributed by atoms with E-state index in [1.165, 1.54) is 6.07 Å². The van der Waals surface area contributed by atoms with E-state index in [0.29, 0.717) is 5.39 Å². The maximum Gasteiger partial charge on any atom is 0.165 e. The molecule has 0 aliphatic carbocycles. The van der Waals surface area contributed by atoms with Crippen LogP contribution in [0.3, 0.4) is 0 Å². The molecule has 0 atom stereocenters. The number of rotatable bonds is 1. The van der Waals surface area contributed by atoms with Gasteiger partial charge in [-0.2, -0.15) is 0 Å². The number of hydrogen-bond donors (Lipinski definition) is 3. The van der Waals surface area contributed by atoms with E-state index in [2.05, 4.69) is 5.32 Å². The highest BCUT2D eigenvalue weighted by Crippen LogP contribution is 2.34. The molecule has 2 aromatic carbocycles. The fourth-order valence-electron chi connectivity index (χ4n) is 1.46. The summed E-state index contributed by atoms with van der Waals surface area (Å²) >= 11 is 0. The van der Waals surface area contributed by atoms with E-state index in [0.717, 1.165) is 11.1 Å². The number of hydrogen-bond acceptors (Lipinski definition) is 3. The largest absolute Gasteiger partial charge is 0.504 e. The predicted octanol–water partition coefficient (Wildman–Crippen LogP) is 2.71. The molecule has 0 radical (unpaired) electrons. The van der Waals surface area contributed by atoms with E-state index in [1.807, 2.05) is 19.2 Å². The zero-order valence-electron chi connectivity index (χ0n) is 8.19. The van der Waals surface area contributed by atoms with Crippen molar-refractivity contribution in [2.24, 2.45) is 0 Å². The van der Waals surface area contributed by atoms with Gasteiger partial charge in [0.1, 0.15) is 0 Å². The van der Waals surface area contributed by atoms with Gasteiger partial charge in [-0.1, -0.05) is 6.07 Å². The lowest BCUT2D eigenvalue weighted by molar-refractivity contribution is 0.408. The molecule has 0 saturated heterocycles. The number of phenolic OH excluding ortho intramolecular Hbond substituents is 2. The van der Waals surface area contributed by atoms with Crippen LogP contribution in [-0.4, -0.2) is 17.3 Å². The Morgan fingerprint density at radius 3 is 2.47 bits per heavy atom. The van der Waals surface area contributed by atoms with E-state index in [-0.39, 0.29) is 23.9 Å². The molecule has 0 heterocycles. The first-order valence-corrected chi connectivity index (χ1v) is 4.35. The van der Waals surface area contributed by atoms with Crippen molar-refractivity contribution in [3.63, 3.8) is 0 Å². The van der Waals surface area contributed by atoms with Crippen LogP contribution in [0.5, 0.6) is 11.5 Å². The minimum atomic E-state index is -0.0882. The molecule has 0 fully saturated rings. The molecule has 80 valence electrons. The summed E-state index contributed by atoms with van der Waals surface area (Å²) in [7, 11) is 1.83. The van der Waals surface area contributed by atoms with Gasteiger partial charge in [0.15, 0.2) is 11.5 Å². The second-order valence-corrected chi connectivity index (χ2v) is 3.12. The SMILES string of the molecule is CNc1ccc2c(O)c(O)ccc2c1.Cl. The zero-order valence-corrected chi connectivity index (χ0v) is 9.01. The van der Waals surface area contributed by atoms with Gasteiger partial charge in [-0.3, -0.25) is 0 Å². The van der Waals surface area contributed by atoms with Gasteiger partial charge >= 0.3 is 0 Å². The molecular formula is C11H12ClNO2. The Hall–Kier alpha value is -1.61. The Bertz CT molecular complexity index is 485. The second-order valence-electron chi connectivity index (χ2n) is 3.12. The van der Waals surface area contributed by atoms with Crippen LogP contribution in [0.1, 0.15) is 0 Å². The molecule has 0 saturated carbocycles. The summed E-state index contributed by atoms with van der Waals surface area (Å²) in [5, 5.41) is 23.4. The van der Waals surface area contributed by atoms with Crippen molar-refractivity contribution in [1.82, 2.24) is 0 Å². The molecule has 2 rings (SSSR count). The molecule has 0 aliphatic rings. The number of anilines is 1. The van der Waals surface area contributed by atoms with Crippen LogP contribution in [-0.2, 0) is 0 Å². The molecule has 2 aromatic rings. The molecule has 4 heteroatoms. The van der Waals surface area contributed by atoms with Gasteiger partial charge in [0, 0.05) is 18.1 Å². The second kappa shape index (κ2) is 4.28. The van der Waals surface area contributed by atoms with Crippen molar-refractivity contribution in [1.29, 1.82) is 0 Å². The highest BCUT2D eigenvalue weighted by Gasteiger charge is 2.04. The van der Waals surface area contributed by atoms with Crippen LogP contribution in [0.15, 0.2) is 30.3 Å². The zero-order chi connectivity index (χ0) is 10.1. The van der Waals surface area contributed by atoms with E-state index in [4.69, 9.17) is 0 Å². The van der Waals surface area contributed by atoms with Crippen molar-refractivity contribution in [3.8, 4) is 11.5 Å². The van der Waals surface area contributed by atoms with Crippen LogP contribution in [0, 0.1) is 0 Å². The molecule has 0 aromatic heterocycles. The average molecular weight is 226 g/mol. The lowest BCUT2D eigenvalue weighted by atomic mass is 10.1. The van der Waals surface area contributed by atoms with Gasteiger partial charge in [-0.25, -0.2) is 0 Å². The molecule has 3 nitrogen and oxygen atoms in total. The van der Waals surface area contributed by atoms with Gasteiger partial charge in [-0.05, 0) is 29.7 Å². The Morgan fingerprint density at radius 2 is 1.80 bits per heavy atom. The Labute approximate surface area is 93.8 Å². The van der Waals surface area contributed by atoms with Gasteiger partial charge in [-0.15, -0.1) is 12.4 Å². The predicted molar refractivity (Wildman–Crippen MR) is 64.1 cm³/mol. The monoisotopic (exact) mass is 225 g/mol. The lowest BCUT2D eigenvalue weighted by Crippen LogP contribution is -1.86. The molecule has 0 bridgehead atoms. The first-order valence-electron chi connectivity index (χ1n) is 4.35. The van der Waals surface area contributed by atoms with E-state index < -0.39 is 0 Å². The topological polar surface area (TPSA) is 52.5 Å². The quantitative estimate of drug-likeness (QED) is 0.654. The van der Waals surface area contributed by atoms with Crippen molar-refractivity contribution in [3.05, 3.63) is 30.3 Å². The highest BCUT2D eigenvalue weighted by atomic mass is 35.5. The minimum absolute atomic E-state index is 0. The first-order chi connectivity index (χ1) is 6.72. The van der Waals surface area contributed by atoms with E-state index in [9.17, 15) is 10.2 Å². The van der Waals surface area contributed by atoms with E-state index >= 15 is 0 Å². The molecule has 15 heavy (non-hydrogen) atoms. The van der Waals surface area contributed by atoms with Gasteiger partial charge in [0.2, 0.25) is 0 Å². The number of phenols is 2. The van der Waals surface area contributed by atoms with E-state index in [1.54, 1.807) is 12.1 Å². The summed E-state index contributed by atoms with van der Waals surface area (Å²) in [6, 6.07) is 8.79. The highest BCUT2D eigenvalue weighted by molar-refractivity contribution is 5.92. The molecular weight excluding hydrogens is 214 g/mol. The Balaban J connectivity index is 0.00000112. The fourth-order valence-corrected chi connectivity index (χ4v) is 1.46. The fraction of sp³-hybridized carbons (Fsp3) is 0.0909. The van der Waals surface area contributed by atoms with Crippen molar-refractivity contribution >= 4 is 28.9 Å². The van der Waals surface area contributed by atoms with Crippen LogP contribution in [0.2, 0.25) is 0 Å². The number of benzene rings is 2. The van der Waals surface area contributed by atoms with Gasteiger partial charge < -0.3 is 15.5 Å². The number of fused-ring (bicyclic) bond motifs is 1. The molecule has 0 unspecified atom stereocenters. The third kappa shape index (κ3) is 1.92. The minimum Gasteiger partial charge on any atom is -0.504 e. The van der Waals surface area contributed by atoms with Crippen LogP contribution in [0.4, 0.5) is 5.69 Å². The number of aromatic hydroxyl groups is 2. The lowest BCUT2D eigenvalue weighted by Gasteiger charge is -2.05. The third-order valence-corrected chi connectivity index (χ3v) is 2.26. The normalized spacial score (nSPS) is 9.67. The molecule has 3 N–H and O–H groups in total. The number of nitrogens with one attached hydrogen (secondary N) is 1. The number of halogens is 1. The van der Waals surface area contributed by atoms with Crippen molar-refractivity contribution < 1.29 is 10.2 Å². The maximum absolute atomic E-state index is 9.55. The first kappa shape index (κ1) is 11.5. The van der Waals surface area contributed by atoms with Crippen LogP contribution < -0.4 is 5.32 Å². The average Bonchev–Trinajstić information content (AvgIpc) is 2.23. The summed E-state index contributed by atoms with van der Waals surface area (Å²) < 4.78 is 0. The summed E-state index contributed by atoms with van der Waals surface area (Å²) in [5.74, 6) is -0.153. The molecule has 0 aliphatic heterocycles. The smallest absolute Gasteiger partial charge is 0.165 e. The van der Waals surface area contributed by atoms with Crippen LogP contribution in [0.25, 0.3) is 10.8 Å². The summed E-state index contributed by atoms with van der Waals surface area (Å²) in [5.41, 5.74) is 0.975. The Kier molecular flexibility index (Phi) is 3.27. The third-order valence-electron chi connectivity index (χ3n) is 2.26. The van der Waals surface area contributed by atoms with Gasteiger partial charge in [0.05, 0.1) is 0 Å². The van der Waals surface area contributed by atoms with Crippen LogP contribution >= 0.6 is 12.4 Å². The van der Waals surface area contributed by atoms with Crippen molar-refractivity contribution in [2.75, 3.05) is 12.4 Å². The summed E-state index contributed by atoms with van der Waals surface area (Å²) in [6.45, 7) is 0. The summed E-state index contributed by atoms with van der Waals surface area (Å²) in [6.07, 6.45) is 0.